The molecule has 4 heteroatoms. The molecule has 2 aromatic rings. The number of hydrogen-bond acceptors (Lipinski definition) is 4. The lowest BCUT2D eigenvalue weighted by molar-refractivity contribution is 0.199. The van der Waals surface area contributed by atoms with Crippen molar-refractivity contribution < 1.29 is 9.26 Å². The highest BCUT2D eigenvalue weighted by molar-refractivity contribution is 5.62. The van der Waals surface area contributed by atoms with Crippen molar-refractivity contribution in [2.45, 2.75) is 20.4 Å². The quantitative estimate of drug-likeness (QED) is 0.811. The third kappa shape index (κ3) is 3.66. The number of nitrogens with one attached hydrogen (secondary N) is 1. The fourth-order valence-corrected chi connectivity index (χ4v) is 2.00. The molecule has 19 heavy (non-hydrogen) atoms. The van der Waals surface area contributed by atoms with E-state index in [1.807, 2.05) is 6.07 Å². The van der Waals surface area contributed by atoms with Crippen LogP contribution >= 0.6 is 0 Å². The number of benzene rings is 1. The first kappa shape index (κ1) is 13.8. The topological polar surface area (TPSA) is 47.3 Å². The van der Waals surface area contributed by atoms with Crippen LogP contribution < -0.4 is 5.32 Å². The summed E-state index contributed by atoms with van der Waals surface area (Å²) in [6.45, 7) is 6.37. The van der Waals surface area contributed by atoms with Crippen molar-refractivity contribution in [2.75, 3.05) is 20.3 Å². The zero-order valence-electron chi connectivity index (χ0n) is 11.7. The van der Waals surface area contributed by atoms with E-state index in [0.717, 1.165) is 23.6 Å². The predicted octanol–water partition coefficient (Wildman–Crippen LogP) is 2.69. The van der Waals surface area contributed by atoms with Gasteiger partial charge in [0, 0.05) is 31.8 Å². The second kappa shape index (κ2) is 6.50. The van der Waals surface area contributed by atoms with Crippen LogP contribution in [0.3, 0.4) is 0 Å². The highest BCUT2D eigenvalue weighted by Gasteiger charge is 2.09. The van der Waals surface area contributed by atoms with Gasteiger partial charge in [0.2, 0.25) is 0 Å². The van der Waals surface area contributed by atoms with Crippen LogP contribution in [0.25, 0.3) is 11.3 Å². The van der Waals surface area contributed by atoms with Gasteiger partial charge < -0.3 is 14.6 Å². The molecule has 0 spiro atoms. The van der Waals surface area contributed by atoms with Gasteiger partial charge in [-0.3, -0.25) is 0 Å². The number of rotatable bonds is 6. The summed E-state index contributed by atoms with van der Waals surface area (Å²) in [7, 11) is 1.69. The smallest absolute Gasteiger partial charge is 0.167 e. The monoisotopic (exact) mass is 260 g/mol. The molecule has 0 unspecified atom stereocenters. The number of methoxy groups -OCH3 is 1. The number of ether oxygens (including phenoxy) is 1. The highest BCUT2D eigenvalue weighted by atomic mass is 16.5. The molecule has 1 heterocycles. The molecule has 4 nitrogen and oxygen atoms in total. The molecular formula is C15H20N2O2. The molecule has 102 valence electrons. The first-order chi connectivity index (χ1) is 9.20. The van der Waals surface area contributed by atoms with Crippen molar-refractivity contribution in [3.8, 4) is 11.3 Å². The SMILES string of the molecule is COCCNCc1cc(-c2ccc(C)cc2C)on1. The number of hydrogen-bond donors (Lipinski definition) is 1. The molecule has 0 amide bonds. The first-order valence-electron chi connectivity index (χ1n) is 6.43. The van der Waals surface area contributed by atoms with Crippen molar-refractivity contribution in [1.82, 2.24) is 10.5 Å². The van der Waals surface area contributed by atoms with Crippen LogP contribution in [0.4, 0.5) is 0 Å². The van der Waals surface area contributed by atoms with Gasteiger partial charge in [-0.25, -0.2) is 0 Å². The molecule has 0 aliphatic carbocycles. The summed E-state index contributed by atoms with van der Waals surface area (Å²) in [6.07, 6.45) is 0. The number of aryl methyl sites for hydroxylation is 2. The molecule has 0 saturated heterocycles. The Labute approximate surface area is 113 Å². The van der Waals surface area contributed by atoms with Crippen molar-refractivity contribution in [2.24, 2.45) is 0 Å². The second-order valence-electron chi connectivity index (χ2n) is 4.67. The first-order valence-corrected chi connectivity index (χ1v) is 6.43. The van der Waals surface area contributed by atoms with Gasteiger partial charge in [0.1, 0.15) is 0 Å². The van der Waals surface area contributed by atoms with Crippen molar-refractivity contribution in [3.63, 3.8) is 0 Å². The van der Waals surface area contributed by atoms with E-state index in [4.69, 9.17) is 9.26 Å². The Morgan fingerprint density at radius 2 is 2.11 bits per heavy atom. The van der Waals surface area contributed by atoms with E-state index >= 15 is 0 Å². The second-order valence-corrected chi connectivity index (χ2v) is 4.67. The van der Waals surface area contributed by atoms with Crippen LogP contribution in [0.1, 0.15) is 16.8 Å². The van der Waals surface area contributed by atoms with E-state index < -0.39 is 0 Å². The van der Waals surface area contributed by atoms with Crippen LogP contribution in [0.2, 0.25) is 0 Å². The average Bonchev–Trinajstić information content (AvgIpc) is 2.83. The Morgan fingerprint density at radius 1 is 1.26 bits per heavy atom. The normalized spacial score (nSPS) is 10.9. The summed E-state index contributed by atoms with van der Waals surface area (Å²) in [4.78, 5) is 0. The molecule has 1 N–H and O–H groups in total. The van der Waals surface area contributed by atoms with Gasteiger partial charge in [0.25, 0.3) is 0 Å². The van der Waals surface area contributed by atoms with E-state index in [1.165, 1.54) is 11.1 Å². The van der Waals surface area contributed by atoms with Gasteiger partial charge >= 0.3 is 0 Å². The van der Waals surface area contributed by atoms with Gasteiger partial charge in [-0.1, -0.05) is 28.9 Å². The summed E-state index contributed by atoms with van der Waals surface area (Å²) in [5, 5.41) is 7.32. The third-order valence-corrected chi connectivity index (χ3v) is 3.00. The molecule has 1 aromatic heterocycles. The van der Waals surface area contributed by atoms with E-state index in [-0.39, 0.29) is 0 Å². The number of aromatic nitrogens is 1. The summed E-state index contributed by atoms with van der Waals surface area (Å²) in [5.41, 5.74) is 4.46. The molecule has 0 atom stereocenters. The minimum Gasteiger partial charge on any atom is -0.383 e. The molecule has 0 aliphatic heterocycles. The van der Waals surface area contributed by atoms with E-state index in [2.05, 4.69) is 42.5 Å². The summed E-state index contributed by atoms with van der Waals surface area (Å²) >= 11 is 0. The molecule has 0 radical (unpaired) electrons. The maximum atomic E-state index is 5.41. The highest BCUT2D eigenvalue weighted by Crippen LogP contribution is 2.24. The Hall–Kier alpha value is -1.65. The molecular weight excluding hydrogens is 240 g/mol. The lowest BCUT2D eigenvalue weighted by atomic mass is 10.0. The molecule has 1 aromatic carbocycles. The molecule has 0 aliphatic rings. The van der Waals surface area contributed by atoms with E-state index in [9.17, 15) is 0 Å². The minimum absolute atomic E-state index is 0.692. The Bertz CT molecular complexity index is 535. The minimum atomic E-state index is 0.692. The molecule has 0 fully saturated rings. The lowest BCUT2D eigenvalue weighted by Crippen LogP contribution is -2.18. The fraction of sp³-hybridized carbons (Fsp3) is 0.400. The van der Waals surface area contributed by atoms with Crippen LogP contribution in [-0.2, 0) is 11.3 Å². The van der Waals surface area contributed by atoms with Gasteiger partial charge in [-0.2, -0.15) is 0 Å². The zero-order valence-corrected chi connectivity index (χ0v) is 11.7. The Balaban J connectivity index is 2.04. The Kier molecular flexibility index (Phi) is 4.71. The maximum Gasteiger partial charge on any atom is 0.167 e. The van der Waals surface area contributed by atoms with Crippen molar-refractivity contribution >= 4 is 0 Å². The van der Waals surface area contributed by atoms with Crippen LogP contribution in [-0.4, -0.2) is 25.4 Å². The Morgan fingerprint density at radius 3 is 2.84 bits per heavy atom. The zero-order chi connectivity index (χ0) is 13.7. The fourth-order valence-electron chi connectivity index (χ4n) is 2.00. The predicted molar refractivity (Wildman–Crippen MR) is 75.0 cm³/mol. The molecule has 0 saturated carbocycles. The lowest BCUT2D eigenvalue weighted by Gasteiger charge is -2.02. The maximum absolute atomic E-state index is 5.41. The van der Waals surface area contributed by atoms with E-state index in [0.29, 0.717) is 13.2 Å². The van der Waals surface area contributed by atoms with Gasteiger partial charge in [-0.15, -0.1) is 0 Å². The van der Waals surface area contributed by atoms with E-state index in [1.54, 1.807) is 7.11 Å². The van der Waals surface area contributed by atoms with Gasteiger partial charge in [-0.05, 0) is 19.4 Å². The van der Waals surface area contributed by atoms with Gasteiger partial charge in [0.15, 0.2) is 5.76 Å². The largest absolute Gasteiger partial charge is 0.383 e. The van der Waals surface area contributed by atoms with Crippen LogP contribution in [0.15, 0.2) is 28.8 Å². The standard InChI is InChI=1S/C15H20N2O2/c1-11-4-5-14(12(2)8-11)15-9-13(17-19-15)10-16-6-7-18-3/h4-5,8-9,16H,6-7,10H2,1-3H3. The summed E-state index contributed by atoms with van der Waals surface area (Å²) < 4.78 is 10.4. The third-order valence-electron chi connectivity index (χ3n) is 3.00. The van der Waals surface area contributed by atoms with Crippen LogP contribution in [0.5, 0.6) is 0 Å². The van der Waals surface area contributed by atoms with Crippen molar-refractivity contribution in [1.29, 1.82) is 0 Å². The van der Waals surface area contributed by atoms with Gasteiger partial charge in [0.05, 0.1) is 12.3 Å². The molecule has 2 rings (SSSR count). The number of nitrogens with zero attached hydrogens (tertiary/aromatic N) is 1. The van der Waals surface area contributed by atoms with Crippen molar-refractivity contribution in [3.05, 3.63) is 41.1 Å². The van der Waals surface area contributed by atoms with Crippen LogP contribution in [0, 0.1) is 13.8 Å². The molecule has 0 bridgehead atoms. The summed E-state index contributed by atoms with van der Waals surface area (Å²) in [5.74, 6) is 0.820. The summed E-state index contributed by atoms with van der Waals surface area (Å²) in [6, 6.07) is 8.29. The average molecular weight is 260 g/mol.